The van der Waals surface area contributed by atoms with Crippen molar-refractivity contribution in [2.45, 2.75) is 82.4 Å². The van der Waals surface area contributed by atoms with E-state index < -0.39 is 0 Å². The Hall–Kier alpha value is -0.690. The molecule has 0 fully saturated rings. The van der Waals surface area contributed by atoms with Crippen LogP contribution in [-0.4, -0.2) is 5.75 Å². The molecule has 0 aliphatic rings. The van der Waals surface area contributed by atoms with Crippen molar-refractivity contribution in [2.75, 3.05) is 5.75 Å². The van der Waals surface area contributed by atoms with Crippen molar-refractivity contribution >= 4 is 11.8 Å². The quantitative estimate of drug-likeness (QED) is 0.195. The number of rotatable bonds is 14. The summed E-state index contributed by atoms with van der Waals surface area (Å²) in [6, 6.07) is 9.01. The molecule has 0 aromatic heterocycles. The van der Waals surface area contributed by atoms with E-state index in [1.54, 1.807) is 0 Å². The van der Waals surface area contributed by atoms with Crippen LogP contribution in [0.3, 0.4) is 0 Å². The van der Waals surface area contributed by atoms with E-state index >= 15 is 0 Å². The SMILES string of the molecule is C=CCSc1cccc(CCCCCCCCCCCC)c1. The van der Waals surface area contributed by atoms with Gasteiger partial charge in [0.25, 0.3) is 0 Å². The van der Waals surface area contributed by atoms with E-state index in [9.17, 15) is 0 Å². The summed E-state index contributed by atoms with van der Waals surface area (Å²) in [7, 11) is 0. The zero-order valence-electron chi connectivity index (χ0n) is 14.5. The fourth-order valence-electron chi connectivity index (χ4n) is 2.76. The van der Waals surface area contributed by atoms with Crippen molar-refractivity contribution < 1.29 is 0 Å². The van der Waals surface area contributed by atoms with Gasteiger partial charge in [-0.1, -0.05) is 82.9 Å². The maximum atomic E-state index is 3.78. The van der Waals surface area contributed by atoms with Gasteiger partial charge in [-0.25, -0.2) is 0 Å². The van der Waals surface area contributed by atoms with Gasteiger partial charge >= 0.3 is 0 Å². The van der Waals surface area contributed by atoms with Crippen molar-refractivity contribution in [3.8, 4) is 0 Å². The standard InChI is InChI=1S/C21H34S/c1-3-5-6-7-8-9-10-11-12-13-15-20-16-14-17-21(19-20)22-18-4-2/h4,14,16-17,19H,2-3,5-13,15,18H2,1H3. The van der Waals surface area contributed by atoms with Crippen LogP contribution in [0.1, 0.15) is 76.7 Å². The molecule has 0 unspecified atom stereocenters. The third kappa shape index (κ3) is 10.1. The van der Waals surface area contributed by atoms with Gasteiger partial charge in [0.05, 0.1) is 0 Å². The number of hydrogen-bond donors (Lipinski definition) is 0. The number of unbranched alkanes of at least 4 members (excludes halogenated alkanes) is 9. The monoisotopic (exact) mass is 318 g/mol. The van der Waals surface area contributed by atoms with Gasteiger partial charge in [0, 0.05) is 10.6 Å². The molecule has 0 radical (unpaired) electrons. The summed E-state index contributed by atoms with van der Waals surface area (Å²) in [5.74, 6) is 1.00. The molecule has 0 nitrogen and oxygen atoms in total. The summed E-state index contributed by atoms with van der Waals surface area (Å²) in [4.78, 5) is 1.38. The Balaban J connectivity index is 2.01. The first-order valence-electron chi connectivity index (χ1n) is 9.19. The van der Waals surface area contributed by atoms with E-state index in [4.69, 9.17) is 0 Å². The number of hydrogen-bond acceptors (Lipinski definition) is 1. The average molecular weight is 319 g/mol. The molecule has 1 aromatic rings. The zero-order chi connectivity index (χ0) is 15.9. The lowest BCUT2D eigenvalue weighted by Gasteiger charge is -2.05. The minimum atomic E-state index is 1.00. The summed E-state index contributed by atoms with van der Waals surface area (Å²) in [6.07, 6.45) is 17.3. The van der Waals surface area contributed by atoms with E-state index in [0.29, 0.717) is 0 Å². The fourth-order valence-corrected chi connectivity index (χ4v) is 3.48. The van der Waals surface area contributed by atoms with Crippen LogP contribution in [-0.2, 0) is 6.42 Å². The predicted molar refractivity (Wildman–Crippen MR) is 103 cm³/mol. The van der Waals surface area contributed by atoms with Crippen molar-refractivity contribution in [2.24, 2.45) is 0 Å². The molecule has 1 rings (SSSR count). The van der Waals surface area contributed by atoms with Crippen molar-refractivity contribution in [3.63, 3.8) is 0 Å². The lowest BCUT2D eigenvalue weighted by atomic mass is 10.0. The third-order valence-electron chi connectivity index (χ3n) is 4.09. The normalized spacial score (nSPS) is 10.8. The Bertz CT molecular complexity index is 383. The molecule has 0 amide bonds. The maximum absolute atomic E-state index is 3.78. The molecule has 0 heterocycles. The highest BCUT2D eigenvalue weighted by atomic mass is 32.2. The molecule has 22 heavy (non-hydrogen) atoms. The average Bonchev–Trinajstić information content (AvgIpc) is 2.55. The fraction of sp³-hybridized carbons (Fsp3) is 0.619. The molecule has 1 aromatic carbocycles. The summed E-state index contributed by atoms with van der Waals surface area (Å²) in [5, 5.41) is 0. The van der Waals surface area contributed by atoms with Gasteiger partial charge in [-0.3, -0.25) is 0 Å². The number of benzene rings is 1. The molecule has 0 bridgehead atoms. The van der Waals surface area contributed by atoms with Crippen LogP contribution in [0.25, 0.3) is 0 Å². The van der Waals surface area contributed by atoms with Crippen LogP contribution in [0.4, 0.5) is 0 Å². The second kappa shape index (κ2) is 13.9. The van der Waals surface area contributed by atoms with Crippen LogP contribution >= 0.6 is 11.8 Å². The summed E-state index contributed by atoms with van der Waals surface area (Å²) in [5.41, 5.74) is 1.49. The minimum absolute atomic E-state index is 1.00. The highest BCUT2D eigenvalue weighted by Gasteiger charge is 1.97. The van der Waals surface area contributed by atoms with Crippen LogP contribution < -0.4 is 0 Å². The van der Waals surface area contributed by atoms with Gasteiger partial charge in [-0.05, 0) is 30.5 Å². The lowest BCUT2D eigenvalue weighted by Crippen LogP contribution is -1.87. The molecule has 0 saturated carbocycles. The molecule has 0 atom stereocenters. The summed E-state index contributed by atoms with van der Waals surface area (Å²) >= 11 is 1.87. The number of thioether (sulfide) groups is 1. The van der Waals surface area contributed by atoms with E-state index in [1.165, 1.54) is 81.1 Å². The molecular formula is C21H34S. The summed E-state index contributed by atoms with van der Waals surface area (Å²) < 4.78 is 0. The number of aryl methyl sites for hydroxylation is 1. The first-order valence-corrected chi connectivity index (χ1v) is 10.2. The largest absolute Gasteiger partial charge is 0.122 e. The van der Waals surface area contributed by atoms with E-state index in [1.807, 2.05) is 17.8 Å². The zero-order valence-corrected chi connectivity index (χ0v) is 15.3. The predicted octanol–water partition coefficient (Wildman–Crippen LogP) is 7.43. The lowest BCUT2D eigenvalue weighted by molar-refractivity contribution is 0.556. The van der Waals surface area contributed by atoms with E-state index in [-0.39, 0.29) is 0 Å². The Kier molecular flexibility index (Phi) is 12.3. The molecule has 0 spiro atoms. The molecular weight excluding hydrogens is 284 g/mol. The van der Waals surface area contributed by atoms with Gasteiger partial charge in [0.15, 0.2) is 0 Å². The Morgan fingerprint density at radius 1 is 0.909 bits per heavy atom. The van der Waals surface area contributed by atoms with Crippen molar-refractivity contribution in [1.29, 1.82) is 0 Å². The smallest absolute Gasteiger partial charge is 0.0158 e. The second-order valence-electron chi connectivity index (χ2n) is 6.18. The summed E-state index contributed by atoms with van der Waals surface area (Å²) in [6.45, 7) is 6.07. The minimum Gasteiger partial charge on any atom is -0.122 e. The van der Waals surface area contributed by atoms with Gasteiger partial charge < -0.3 is 0 Å². The van der Waals surface area contributed by atoms with Gasteiger partial charge in [-0.2, -0.15) is 0 Å². The van der Waals surface area contributed by atoms with Gasteiger partial charge in [-0.15, -0.1) is 18.3 Å². The molecule has 0 saturated heterocycles. The first-order chi connectivity index (χ1) is 10.9. The molecule has 124 valence electrons. The third-order valence-corrected chi connectivity index (χ3v) is 5.07. The van der Waals surface area contributed by atoms with Crippen LogP contribution in [0.5, 0.6) is 0 Å². The van der Waals surface area contributed by atoms with Gasteiger partial charge in [0.2, 0.25) is 0 Å². The Morgan fingerprint density at radius 3 is 2.18 bits per heavy atom. The van der Waals surface area contributed by atoms with Crippen LogP contribution in [0.15, 0.2) is 41.8 Å². The molecule has 0 N–H and O–H groups in total. The van der Waals surface area contributed by atoms with Crippen molar-refractivity contribution in [1.82, 2.24) is 0 Å². The second-order valence-corrected chi connectivity index (χ2v) is 7.27. The Labute approximate surface area is 142 Å². The first kappa shape index (κ1) is 19.4. The molecule has 0 aliphatic heterocycles. The van der Waals surface area contributed by atoms with Crippen LogP contribution in [0.2, 0.25) is 0 Å². The molecule has 0 aliphatic carbocycles. The topological polar surface area (TPSA) is 0 Å². The van der Waals surface area contributed by atoms with E-state index in [2.05, 4.69) is 37.8 Å². The van der Waals surface area contributed by atoms with Crippen LogP contribution in [0, 0.1) is 0 Å². The van der Waals surface area contributed by atoms with Crippen molar-refractivity contribution in [3.05, 3.63) is 42.5 Å². The maximum Gasteiger partial charge on any atom is 0.0158 e. The highest BCUT2D eigenvalue weighted by Crippen LogP contribution is 2.20. The highest BCUT2D eigenvalue weighted by molar-refractivity contribution is 7.99. The van der Waals surface area contributed by atoms with E-state index in [0.717, 1.165) is 5.75 Å². The molecule has 1 heteroatoms. The van der Waals surface area contributed by atoms with Gasteiger partial charge in [0.1, 0.15) is 0 Å². The Morgan fingerprint density at radius 2 is 1.55 bits per heavy atom.